The summed E-state index contributed by atoms with van der Waals surface area (Å²) in [6, 6.07) is 0. The van der Waals surface area contributed by atoms with Crippen LogP contribution in [0.1, 0.15) is 52.9 Å². The topological polar surface area (TPSA) is 82.1 Å². The number of carbonyl (C=O) groups is 3. The fraction of sp³-hybridized carbons (Fsp3) is 0.824. The highest BCUT2D eigenvalue weighted by molar-refractivity contribution is 5.79. The molecule has 1 fully saturated rings. The van der Waals surface area contributed by atoms with Crippen LogP contribution in [0.4, 0.5) is 4.79 Å². The van der Waals surface area contributed by atoms with E-state index in [0.717, 1.165) is 0 Å². The first-order valence-corrected chi connectivity index (χ1v) is 8.27. The predicted octanol–water partition coefficient (Wildman–Crippen LogP) is 2.52. The van der Waals surface area contributed by atoms with E-state index < -0.39 is 17.1 Å². The molecule has 1 heterocycles. The van der Waals surface area contributed by atoms with Crippen LogP contribution in [0.3, 0.4) is 0 Å². The quantitative estimate of drug-likeness (QED) is 0.419. The molecule has 138 valence electrons. The molecule has 0 aromatic heterocycles. The van der Waals surface area contributed by atoms with Crippen LogP contribution in [-0.2, 0) is 23.8 Å². The van der Waals surface area contributed by atoms with Crippen molar-refractivity contribution in [3.05, 3.63) is 0 Å². The average molecular weight is 343 g/mol. The van der Waals surface area contributed by atoms with Gasteiger partial charge in [-0.15, -0.1) is 0 Å². The molecule has 1 unspecified atom stereocenters. The van der Waals surface area contributed by atoms with Gasteiger partial charge in [0.1, 0.15) is 5.60 Å². The third kappa shape index (κ3) is 5.69. The van der Waals surface area contributed by atoms with Gasteiger partial charge in [0.25, 0.3) is 0 Å². The fourth-order valence-corrected chi connectivity index (χ4v) is 2.88. The fourth-order valence-electron chi connectivity index (χ4n) is 2.88. The maximum absolute atomic E-state index is 12.3. The highest BCUT2D eigenvalue weighted by Gasteiger charge is 2.47. The van der Waals surface area contributed by atoms with Gasteiger partial charge in [0.2, 0.25) is 0 Å². The lowest BCUT2D eigenvalue weighted by atomic mass is 9.81. The molecule has 24 heavy (non-hydrogen) atoms. The number of carbonyl (C=O) groups excluding carboxylic acids is 3. The first-order valence-electron chi connectivity index (χ1n) is 8.27. The van der Waals surface area contributed by atoms with Crippen molar-refractivity contribution >= 4 is 18.0 Å². The van der Waals surface area contributed by atoms with Crippen molar-refractivity contribution in [3.63, 3.8) is 0 Å². The van der Waals surface area contributed by atoms with E-state index in [4.69, 9.17) is 9.47 Å². The molecule has 1 saturated heterocycles. The Balaban J connectivity index is 2.65. The molecule has 1 atom stereocenters. The second kappa shape index (κ2) is 8.35. The van der Waals surface area contributed by atoms with E-state index in [1.807, 2.05) is 0 Å². The zero-order valence-corrected chi connectivity index (χ0v) is 15.3. The van der Waals surface area contributed by atoms with Gasteiger partial charge in [0.05, 0.1) is 19.6 Å². The second-order valence-electron chi connectivity index (χ2n) is 7.21. The third-order valence-electron chi connectivity index (χ3n) is 4.14. The highest BCUT2D eigenvalue weighted by Crippen LogP contribution is 2.37. The van der Waals surface area contributed by atoms with E-state index in [0.29, 0.717) is 38.6 Å². The molecular weight excluding hydrogens is 314 g/mol. The van der Waals surface area contributed by atoms with E-state index in [2.05, 4.69) is 4.74 Å². The summed E-state index contributed by atoms with van der Waals surface area (Å²) >= 11 is 0. The molecule has 1 aliphatic rings. The third-order valence-corrected chi connectivity index (χ3v) is 4.14. The summed E-state index contributed by atoms with van der Waals surface area (Å²) in [5.41, 5.74) is -1.30. The summed E-state index contributed by atoms with van der Waals surface area (Å²) in [7, 11) is 2.71. The van der Waals surface area contributed by atoms with Crippen LogP contribution in [0.2, 0.25) is 0 Å². The smallest absolute Gasteiger partial charge is 0.410 e. The number of likely N-dealkylation sites (tertiary alicyclic amines) is 1. The Morgan fingerprint density at radius 1 is 1.08 bits per heavy atom. The van der Waals surface area contributed by atoms with Gasteiger partial charge in [0.15, 0.2) is 0 Å². The monoisotopic (exact) mass is 343 g/mol. The van der Waals surface area contributed by atoms with Gasteiger partial charge in [0, 0.05) is 19.5 Å². The Morgan fingerprint density at radius 2 is 1.75 bits per heavy atom. The number of hydrogen-bond donors (Lipinski definition) is 0. The Bertz CT molecular complexity index is 470. The summed E-state index contributed by atoms with van der Waals surface area (Å²) in [6.07, 6.45) is 2.34. The van der Waals surface area contributed by atoms with Crippen LogP contribution >= 0.6 is 0 Å². The minimum atomic E-state index is -0.720. The normalized spacial score (nSPS) is 20.6. The van der Waals surface area contributed by atoms with E-state index in [9.17, 15) is 14.4 Å². The standard InChI is InChI=1S/C17H29NO6/c1-16(2,3)24-15(21)18-11-10-17(12-18,14(20)23-5)9-7-6-8-13(19)22-4/h6-12H2,1-5H3. The van der Waals surface area contributed by atoms with E-state index in [-0.39, 0.29) is 18.5 Å². The first-order chi connectivity index (χ1) is 11.1. The van der Waals surface area contributed by atoms with E-state index in [1.165, 1.54) is 14.2 Å². The molecule has 7 heteroatoms. The lowest BCUT2D eigenvalue weighted by molar-refractivity contribution is -0.152. The molecule has 0 spiro atoms. The summed E-state index contributed by atoms with van der Waals surface area (Å²) in [5, 5.41) is 0. The lowest BCUT2D eigenvalue weighted by Gasteiger charge is -2.28. The predicted molar refractivity (Wildman–Crippen MR) is 87.4 cm³/mol. The van der Waals surface area contributed by atoms with Crippen molar-refractivity contribution in [1.82, 2.24) is 4.90 Å². The van der Waals surface area contributed by atoms with Crippen molar-refractivity contribution in [2.45, 2.75) is 58.5 Å². The minimum Gasteiger partial charge on any atom is -0.469 e. The zero-order chi connectivity index (χ0) is 18.4. The summed E-state index contributed by atoms with van der Waals surface area (Å²) < 4.78 is 14.9. The molecule has 0 N–H and O–H groups in total. The van der Waals surface area contributed by atoms with Crippen molar-refractivity contribution < 1.29 is 28.6 Å². The Labute approximate surface area is 143 Å². The van der Waals surface area contributed by atoms with Crippen LogP contribution in [-0.4, -0.2) is 55.8 Å². The van der Waals surface area contributed by atoms with Crippen LogP contribution in [0.15, 0.2) is 0 Å². The van der Waals surface area contributed by atoms with Crippen molar-refractivity contribution in [2.24, 2.45) is 5.41 Å². The van der Waals surface area contributed by atoms with Crippen molar-refractivity contribution in [3.8, 4) is 0 Å². The second-order valence-corrected chi connectivity index (χ2v) is 7.21. The highest BCUT2D eigenvalue weighted by atomic mass is 16.6. The van der Waals surface area contributed by atoms with Crippen LogP contribution in [0, 0.1) is 5.41 Å². The van der Waals surface area contributed by atoms with Gasteiger partial charge in [-0.25, -0.2) is 4.79 Å². The number of amides is 1. The average Bonchev–Trinajstić information content (AvgIpc) is 2.94. The first kappa shape index (κ1) is 20.3. The van der Waals surface area contributed by atoms with E-state index >= 15 is 0 Å². The molecule has 7 nitrogen and oxygen atoms in total. The van der Waals surface area contributed by atoms with Crippen LogP contribution < -0.4 is 0 Å². The summed E-state index contributed by atoms with van der Waals surface area (Å²) in [6.45, 7) is 6.16. The summed E-state index contributed by atoms with van der Waals surface area (Å²) in [5.74, 6) is -0.574. The molecule has 0 radical (unpaired) electrons. The number of methoxy groups -OCH3 is 2. The maximum Gasteiger partial charge on any atom is 0.410 e. The summed E-state index contributed by atoms with van der Waals surface area (Å²) in [4.78, 5) is 37.2. The van der Waals surface area contributed by atoms with Gasteiger partial charge in [-0.05, 0) is 40.0 Å². The van der Waals surface area contributed by atoms with Crippen molar-refractivity contribution in [1.29, 1.82) is 0 Å². The van der Waals surface area contributed by atoms with Gasteiger partial charge in [-0.3, -0.25) is 9.59 Å². The number of ether oxygens (including phenoxy) is 3. The molecule has 1 amide bonds. The molecule has 0 aliphatic carbocycles. The number of nitrogens with zero attached hydrogens (tertiary/aromatic N) is 1. The number of unbranched alkanes of at least 4 members (excludes halogenated alkanes) is 1. The zero-order valence-electron chi connectivity index (χ0n) is 15.3. The SMILES string of the molecule is COC(=O)CCCCC1(C(=O)OC)CCN(C(=O)OC(C)(C)C)C1. The van der Waals surface area contributed by atoms with E-state index in [1.54, 1.807) is 25.7 Å². The molecular formula is C17H29NO6. The maximum atomic E-state index is 12.3. The van der Waals surface area contributed by atoms with Crippen molar-refractivity contribution in [2.75, 3.05) is 27.3 Å². The Hall–Kier alpha value is -1.79. The van der Waals surface area contributed by atoms with Crippen LogP contribution in [0.25, 0.3) is 0 Å². The molecule has 1 rings (SSSR count). The number of hydrogen-bond acceptors (Lipinski definition) is 6. The molecule has 0 bridgehead atoms. The van der Waals surface area contributed by atoms with Gasteiger partial charge < -0.3 is 19.1 Å². The van der Waals surface area contributed by atoms with Gasteiger partial charge in [-0.2, -0.15) is 0 Å². The van der Waals surface area contributed by atoms with Crippen LogP contribution in [0.5, 0.6) is 0 Å². The molecule has 0 aromatic carbocycles. The molecule has 1 aliphatic heterocycles. The molecule has 0 aromatic rings. The Kier molecular flexibility index (Phi) is 7.05. The lowest BCUT2D eigenvalue weighted by Crippen LogP contribution is -2.40. The Morgan fingerprint density at radius 3 is 2.29 bits per heavy atom. The largest absolute Gasteiger partial charge is 0.469 e. The minimum absolute atomic E-state index is 0.260. The van der Waals surface area contributed by atoms with Gasteiger partial charge >= 0.3 is 18.0 Å². The number of esters is 2. The number of rotatable bonds is 6. The van der Waals surface area contributed by atoms with Gasteiger partial charge in [-0.1, -0.05) is 6.42 Å². The molecule has 0 saturated carbocycles.